The van der Waals surface area contributed by atoms with Gasteiger partial charge in [0.2, 0.25) is 0 Å². The van der Waals surface area contributed by atoms with Gasteiger partial charge < -0.3 is 5.32 Å². The third kappa shape index (κ3) is 2.73. The third-order valence-electron chi connectivity index (χ3n) is 3.14. The summed E-state index contributed by atoms with van der Waals surface area (Å²) in [6.45, 7) is 0.920. The van der Waals surface area contributed by atoms with Gasteiger partial charge in [-0.15, -0.1) is 0 Å². The van der Waals surface area contributed by atoms with Crippen molar-refractivity contribution >= 4 is 21.6 Å². The summed E-state index contributed by atoms with van der Waals surface area (Å²) in [5.41, 5.74) is 3.99. The Morgan fingerprint density at radius 1 is 1.15 bits per heavy atom. The fourth-order valence-corrected chi connectivity index (χ4v) is 2.34. The van der Waals surface area contributed by atoms with Crippen LogP contribution in [0.4, 0.5) is 0 Å². The topological polar surface area (TPSA) is 42.2 Å². The van der Waals surface area contributed by atoms with Crippen LogP contribution < -0.4 is 5.32 Å². The smallest absolute Gasteiger partial charge is 0.153 e. The average molecular weight is 331 g/mol. The number of hydrogen-bond acceptors (Lipinski definition) is 3. The fraction of sp³-hybridized carbons (Fsp3) is 0.200. The normalized spacial score (nSPS) is 11.1. The maximum atomic E-state index is 4.62. The van der Waals surface area contributed by atoms with Crippen LogP contribution >= 0.6 is 15.9 Å². The summed E-state index contributed by atoms with van der Waals surface area (Å²) in [4.78, 5) is 4.55. The van der Waals surface area contributed by atoms with Crippen molar-refractivity contribution in [3.05, 3.63) is 52.8 Å². The van der Waals surface area contributed by atoms with Gasteiger partial charge >= 0.3 is 0 Å². The van der Waals surface area contributed by atoms with E-state index in [0.717, 1.165) is 40.0 Å². The molecule has 0 amide bonds. The van der Waals surface area contributed by atoms with Crippen LogP contribution in [0.2, 0.25) is 0 Å². The van der Waals surface area contributed by atoms with E-state index in [9.17, 15) is 0 Å². The Bertz CT molecular complexity index is 718. The number of likely N-dealkylation sites (N-methyl/N-ethyl adjacent to an activating group) is 1. The van der Waals surface area contributed by atoms with E-state index < -0.39 is 0 Å². The molecule has 1 aromatic carbocycles. The van der Waals surface area contributed by atoms with Crippen molar-refractivity contribution in [2.75, 3.05) is 13.6 Å². The minimum absolute atomic E-state index is 0.886. The van der Waals surface area contributed by atoms with E-state index in [0.29, 0.717) is 0 Å². The molecule has 0 saturated heterocycles. The molecule has 0 atom stereocenters. The molecule has 0 saturated carbocycles. The molecule has 0 bridgehead atoms. The Morgan fingerprint density at radius 2 is 1.95 bits per heavy atom. The van der Waals surface area contributed by atoms with Gasteiger partial charge in [0.1, 0.15) is 0 Å². The minimum Gasteiger partial charge on any atom is -0.319 e. The van der Waals surface area contributed by atoms with Gasteiger partial charge in [0.15, 0.2) is 5.65 Å². The monoisotopic (exact) mass is 330 g/mol. The van der Waals surface area contributed by atoms with Gasteiger partial charge in [0.05, 0.1) is 17.6 Å². The van der Waals surface area contributed by atoms with Crippen LogP contribution in [0.5, 0.6) is 0 Å². The van der Waals surface area contributed by atoms with E-state index in [-0.39, 0.29) is 0 Å². The van der Waals surface area contributed by atoms with Crippen LogP contribution in [0.15, 0.2) is 47.1 Å². The van der Waals surface area contributed by atoms with Gasteiger partial charge in [-0.25, -0.2) is 9.50 Å². The first-order valence-electron chi connectivity index (χ1n) is 6.52. The molecule has 3 aromatic rings. The van der Waals surface area contributed by atoms with Crippen molar-refractivity contribution in [1.29, 1.82) is 0 Å². The number of aromatic nitrogens is 3. The number of fused-ring (bicyclic) bond motifs is 1. The Kier molecular flexibility index (Phi) is 3.80. The van der Waals surface area contributed by atoms with Crippen LogP contribution in [0.1, 0.15) is 5.69 Å². The molecule has 0 aliphatic carbocycles. The van der Waals surface area contributed by atoms with Gasteiger partial charge in [-0.1, -0.05) is 28.1 Å². The lowest BCUT2D eigenvalue weighted by Crippen LogP contribution is -2.10. The Hall–Kier alpha value is -1.72. The Balaban J connectivity index is 1.95. The molecule has 3 rings (SSSR count). The van der Waals surface area contributed by atoms with Gasteiger partial charge in [0, 0.05) is 23.0 Å². The lowest BCUT2D eigenvalue weighted by Gasteiger charge is -2.01. The molecule has 1 N–H and O–H groups in total. The molecular weight excluding hydrogens is 316 g/mol. The lowest BCUT2D eigenvalue weighted by molar-refractivity contribution is 0.779. The van der Waals surface area contributed by atoms with Crippen LogP contribution in [0.25, 0.3) is 16.9 Å². The highest BCUT2D eigenvalue weighted by atomic mass is 79.9. The van der Waals surface area contributed by atoms with E-state index in [1.165, 1.54) is 0 Å². The summed E-state index contributed by atoms with van der Waals surface area (Å²) in [6.07, 6.45) is 2.91. The Labute approximate surface area is 126 Å². The first kappa shape index (κ1) is 13.3. The highest BCUT2D eigenvalue weighted by Crippen LogP contribution is 2.20. The standard InChI is InChI=1S/C15H15BrN4/c1-17-9-8-13-10-20-15(18-13)7-6-14(19-20)11-2-4-12(16)5-3-11/h2-7,10,17H,8-9H2,1H3. The van der Waals surface area contributed by atoms with E-state index in [2.05, 4.69) is 43.5 Å². The molecular formula is C15H15BrN4. The largest absolute Gasteiger partial charge is 0.319 e. The van der Waals surface area contributed by atoms with Crippen molar-refractivity contribution in [3.8, 4) is 11.3 Å². The van der Waals surface area contributed by atoms with Crippen LogP contribution in [0, 0.1) is 0 Å². The second-order valence-electron chi connectivity index (χ2n) is 4.61. The Morgan fingerprint density at radius 3 is 2.70 bits per heavy atom. The average Bonchev–Trinajstić information content (AvgIpc) is 2.87. The maximum Gasteiger partial charge on any atom is 0.153 e. The van der Waals surface area contributed by atoms with Gasteiger partial charge in [-0.3, -0.25) is 0 Å². The first-order valence-corrected chi connectivity index (χ1v) is 7.31. The highest BCUT2D eigenvalue weighted by Gasteiger charge is 2.05. The summed E-state index contributed by atoms with van der Waals surface area (Å²) in [5, 5.41) is 7.75. The number of nitrogens with zero attached hydrogens (tertiary/aromatic N) is 3. The van der Waals surface area contributed by atoms with Crippen LogP contribution in [-0.4, -0.2) is 28.2 Å². The second kappa shape index (κ2) is 5.73. The molecule has 4 nitrogen and oxygen atoms in total. The number of benzene rings is 1. The summed E-state index contributed by atoms with van der Waals surface area (Å²) in [5.74, 6) is 0. The van der Waals surface area contributed by atoms with Gasteiger partial charge in [0.25, 0.3) is 0 Å². The molecule has 0 unspecified atom stereocenters. The molecule has 2 heterocycles. The molecule has 2 aromatic heterocycles. The highest BCUT2D eigenvalue weighted by molar-refractivity contribution is 9.10. The van der Waals surface area contributed by atoms with Crippen molar-refractivity contribution in [3.63, 3.8) is 0 Å². The molecule has 102 valence electrons. The summed E-state index contributed by atoms with van der Waals surface area (Å²) in [6, 6.07) is 12.2. The van der Waals surface area contributed by atoms with Crippen molar-refractivity contribution in [1.82, 2.24) is 19.9 Å². The summed E-state index contributed by atoms with van der Waals surface area (Å²) in [7, 11) is 1.94. The van der Waals surface area contributed by atoms with E-state index in [1.54, 1.807) is 0 Å². The summed E-state index contributed by atoms with van der Waals surface area (Å²) >= 11 is 3.44. The number of rotatable bonds is 4. The third-order valence-corrected chi connectivity index (χ3v) is 3.67. The minimum atomic E-state index is 0.886. The number of hydrogen-bond donors (Lipinski definition) is 1. The number of imidazole rings is 1. The molecule has 5 heteroatoms. The van der Waals surface area contributed by atoms with Crippen molar-refractivity contribution in [2.45, 2.75) is 6.42 Å². The van der Waals surface area contributed by atoms with Crippen molar-refractivity contribution < 1.29 is 0 Å². The van der Waals surface area contributed by atoms with E-state index in [1.807, 2.05) is 42.0 Å². The van der Waals surface area contributed by atoms with Crippen LogP contribution in [-0.2, 0) is 6.42 Å². The van der Waals surface area contributed by atoms with E-state index in [4.69, 9.17) is 0 Å². The first-order chi connectivity index (χ1) is 9.76. The van der Waals surface area contributed by atoms with Gasteiger partial charge in [-0.2, -0.15) is 5.10 Å². The molecule has 0 aliphatic rings. The lowest BCUT2D eigenvalue weighted by atomic mass is 10.1. The predicted octanol–water partition coefficient (Wildman–Crippen LogP) is 2.92. The molecule has 20 heavy (non-hydrogen) atoms. The van der Waals surface area contributed by atoms with E-state index >= 15 is 0 Å². The van der Waals surface area contributed by atoms with Crippen molar-refractivity contribution in [2.24, 2.45) is 0 Å². The second-order valence-corrected chi connectivity index (χ2v) is 5.53. The zero-order valence-corrected chi connectivity index (χ0v) is 12.8. The zero-order valence-electron chi connectivity index (χ0n) is 11.2. The predicted molar refractivity (Wildman–Crippen MR) is 83.8 cm³/mol. The maximum absolute atomic E-state index is 4.62. The molecule has 0 fully saturated rings. The number of nitrogens with one attached hydrogen (secondary N) is 1. The van der Waals surface area contributed by atoms with Gasteiger partial charge in [-0.05, 0) is 31.3 Å². The SMILES string of the molecule is CNCCc1cn2nc(-c3ccc(Br)cc3)ccc2n1. The zero-order chi connectivity index (χ0) is 13.9. The quantitative estimate of drug-likeness (QED) is 0.799. The molecule has 0 radical (unpaired) electrons. The number of halogens is 1. The fourth-order valence-electron chi connectivity index (χ4n) is 2.08. The van der Waals surface area contributed by atoms with Crippen LogP contribution in [0.3, 0.4) is 0 Å². The molecule has 0 aliphatic heterocycles. The summed E-state index contributed by atoms with van der Waals surface area (Å²) < 4.78 is 2.92. The molecule has 0 spiro atoms.